The summed E-state index contributed by atoms with van der Waals surface area (Å²) in [6.45, 7) is 4.18. The molecule has 0 bridgehead atoms. The molecular formula is C16H23N5. The summed E-state index contributed by atoms with van der Waals surface area (Å²) in [5.41, 5.74) is 2.16. The molecule has 5 heteroatoms. The molecule has 1 aromatic carbocycles. The van der Waals surface area contributed by atoms with Crippen molar-refractivity contribution < 1.29 is 0 Å². The Hall–Kier alpha value is -2.30. The molecular weight excluding hydrogens is 262 g/mol. The highest BCUT2D eigenvalue weighted by atomic mass is 15.1. The molecule has 1 heterocycles. The highest BCUT2D eigenvalue weighted by molar-refractivity contribution is 5.64. The van der Waals surface area contributed by atoms with E-state index in [0.717, 1.165) is 28.8 Å². The Balaban J connectivity index is 2.30. The zero-order valence-corrected chi connectivity index (χ0v) is 13.3. The molecule has 0 radical (unpaired) electrons. The first-order chi connectivity index (χ1) is 9.99. The van der Waals surface area contributed by atoms with Gasteiger partial charge in [-0.15, -0.1) is 0 Å². The summed E-state index contributed by atoms with van der Waals surface area (Å²) in [6.07, 6.45) is 0. The first-order valence-electron chi connectivity index (χ1n) is 7.10. The van der Waals surface area contributed by atoms with Gasteiger partial charge in [-0.05, 0) is 18.2 Å². The summed E-state index contributed by atoms with van der Waals surface area (Å²) in [6, 6.07) is 10.1. The van der Waals surface area contributed by atoms with Gasteiger partial charge >= 0.3 is 0 Å². The SMILES string of the molecule is CNc1cc(Nc2cccc(N(C)C)c2)nc(C(C)C)n1. The predicted molar refractivity (Wildman–Crippen MR) is 89.7 cm³/mol. The maximum Gasteiger partial charge on any atom is 0.136 e. The van der Waals surface area contributed by atoms with Crippen LogP contribution in [0.1, 0.15) is 25.6 Å². The molecule has 0 spiro atoms. The number of benzene rings is 1. The molecule has 1 aromatic heterocycles. The van der Waals surface area contributed by atoms with Gasteiger partial charge in [-0.25, -0.2) is 9.97 Å². The average molecular weight is 285 g/mol. The van der Waals surface area contributed by atoms with E-state index in [1.165, 1.54) is 0 Å². The second-order valence-electron chi connectivity index (χ2n) is 5.47. The van der Waals surface area contributed by atoms with Gasteiger partial charge in [0.15, 0.2) is 0 Å². The minimum absolute atomic E-state index is 0.284. The van der Waals surface area contributed by atoms with Crippen molar-refractivity contribution in [2.24, 2.45) is 0 Å². The third-order valence-electron chi connectivity index (χ3n) is 3.15. The van der Waals surface area contributed by atoms with Gasteiger partial charge in [-0.1, -0.05) is 19.9 Å². The quantitative estimate of drug-likeness (QED) is 0.881. The number of rotatable bonds is 5. The Labute approximate surface area is 126 Å². The van der Waals surface area contributed by atoms with Crippen LogP contribution < -0.4 is 15.5 Å². The average Bonchev–Trinajstić information content (AvgIpc) is 2.47. The van der Waals surface area contributed by atoms with Crippen LogP contribution in [0.3, 0.4) is 0 Å². The Kier molecular flexibility index (Phi) is 4.62. The van der Waals surface area contributed by atoms with Crippen molar-refractivity contribution in [3.8, 4) is 0 Å². The zero-order chi connectivity index (χ0) is 15.4. The molecule has 0 aliphatic heterocycles. The van der Waals surface area contributed by atoms with Crippen LogP contribution in [-0.4, -0.2) is 31.1 Å². The van der Waals surface area contributed by atoms with Gasteiger partial charge in [-0.3, -0.25) is 0 Å². The smallest absolute Gasteiger partial charge is 0.136 e. The Morgan fingerprint density at radius 2 is 1.76 bits per heavy atom. The Bertz CT molecular complexity index is 607. The molecule has 0 amide bonds. The lowest BCUT2D eigenvalue weighted by Gasteiger charge is -2.15. The standard InChI is InChI=1S/C16H23N5/c1-11(2)16-19-14(17-3)10-15(20-16)18-12-7-6-8-13(9-12)21(4)5/h6-11H,1-5H3,(H2,17,18,19,20). The molecule has 0 saturated carbocycles. The second-order valence-corrected chi connectivity index (χ2v) is 5.47. The Morgan fingerprint density at radius 1 is 1.05 bits per heavy atom. The molecule has 2 rings (SSSR count). The summed E-state index contributed by atoms with van der Waals surface area (Å²) < 4.78 is 0. The van der Waals surface area contributed by atoms with E-state index in [1.54, 1.807) is 0 Å². The van der Waals surface area contributed by atoms with E-state index in [9.17, 15) is 0 Å². The maximum atomic E-state index is 4.57. The van der Waals surface area contributed by atoms with Crippen molar-refractivity contribution in [3.63, 3.8) is 0 Å². The van der Waals surface area contributed by atoms with Crippen LogP contribution in [-0.2, 0) is 0 Å². The van der Waals surface area contributed by atoms with Gasteiger partial charge in [0.1, 0.15) is 17.5 Å². The lowest BCUT2D eigenvalue weighted by atomic mass is 10.2. The first kappa shape index (κ1) is 15.1. The molecule has 0 aliphatic carbocycles. The van der Waals surface area contributed by atoms with Crippen LogP contribution in [0.2, 0.25) is 0 Å². The lowest BCUT2D eigenvalue weighted by molar-refractivity contribution is 0.778. The van der Waals surface area contributed by atoms with Crippen LogP contribution >= 0.6 is 0 Å². The normalized spacial score (nSPS) is 10.6. The van der Waals surface area contributed by atoms with Crippen molar-refractivity contribution in [1.82, 2.24) is 9.97 Å². The predicted octanol–water partition coefficient (Wildman–Crippen LogP) is 3.45. The second kappa shape index (κ2) is 6.43. The van der Waals surface area contributed by atoms with Crippen molar-refractivity contribution in [2.45, 2.75) is 19.8 Å². The number of nitrogens with zero attached hydrogens (tertiary/aromatic N) is 3. The molecule has 5 nitrogen and oxygen atoms in total. The van der Waals surface area contributed by atoms with Crippen LogP contribution in [0, 0.1) is 0 Å². The summed E-state index contributed by atoms with van der Waals surface area (Å²) in [4.78, 5) is 11.1. The van der Waals surface area contributed by atoms with E-state index in [-0.39, 0.29) is 5.92 Å². The van der Waals surface area contributed by atoms with Gasteiger partial charge < -0.3 is 15.5 Å². The van der Waals surface area contributed by atoms with Crippen LogP contribution in [0.15, 0.2) is 30.3 Å². The number of hydrogen-bond donors (Lipinski definition) is 2. The highest BCUT2D eigenvalue weighted by Gasteiger charge is 2.08. The van der Waals surface area contributed by atoms with Crippen molar-refractivity contribution in [2.75, 3.05) is 36.7 Å². The molecule has 2 N–H and O–H groups in total. The van der Waals surface area contributed by atoms with E-state index < -0.39 is 0 Å². The van der Waals surface area contributed by atoms with E-state index in [0.29, 0.717) is 0 Å². The summed E-state index contributed by atoms with van der Waals surface area (Å²) in [7, 11) is 5.92. The van der Waals surface area contributed by atoms with E-state index in [4.69, 9.17) is 0 Å². The summed E-state index contributed by atoms with van der Waals surface area (Å²) in [5.74, 6) is 2.73. The zero-order valence-electron chi connectivity index (χ0n) is 13.3. The van der Waals surface area contributed by atoms with E-state index >= 15 is 0 Å². The molecule has 2 aromatic rings. The molecule has 0 fully saturated rings. The van der Waals surface area contributed by atoms with Gasteiger partial charge in [0, 0.05) is 44.5 Å². The third-order valence-corrected chi connectivity index (χ3v) is 3.15. The molecule has 0 atom stereocenters. The lowest BCUT2D eigenvalue weighted by Crippen LogP contribution is -2.09. The topological polar surface area (TPSA) is 53.1 Å². The molecule has 0 saturated heterocycles. The van der Waals surface area contributed by atoms with Gasteiger partial charge in [-0.2, -0.15) is 0 Å². The van der Waals surface area contributed by atoms with Crippen LogP contribution in [0.25, 0.3) is 0 Å². The molecule has 0 unspecified atom stereocenters. The molecule has 21 heavy (non-hydrogen) atoms. The third kappa shape index (κ3) is 3.84. The highest BCUT2D eigenvalue weighted by Crippen LogP contribution is 2.23. The maximum absolute atomic E-state index is 4.57. The van der Waals surface area contributed by atoms with E-state index in [1.807, 2.05) is 39.3 Å². The summed E-state index contributed by atoms with van der Waals surface area (Å²) >= 11 is 0. The van der Waals surface area contributed by atoms with Gasteiger partial charge in [0.25, 0.3) is 0 Å². The van der Waals surface area contributed by atoms with Crippen LogP contribution in [0.5, 0.6) is 0 Å². The first-order valence-corrected chi connectivity index (χ1v) is 7.10. The minimum Gasteiger partial charge on any atom is -0.378 e. The van der Waals surface area contributed by atoms with Crippen molar-refractivity contribution in [1.29, 1.82) is 0 Å². The van der Waals surface area contributed by atoms with Crippen molar-refractivity contribution in [3.05, 3.63) is 36.2 Å². The van der Waals surface area contributed by atoms with E-state index in [2.05, 4.69) is 51.5 Å². The fourth-order valence-corrected chi connectivity index (χ4v) is 1.93. The van der Waals surface area contributed by atoms with Crippen LogP contribution in [0.4, 0.5) is 23.0 Å². The fraction of sp³-hybridized carbons (Fsp3) is 0.375. The van der Waals surface area contributed by atoms with Crippen molar-refractivity contribution >= 4 is 23.0 Å². The molecule has 112 valence electrons. The summed E-state index contributed by atoms with van der Waals surface area (Å²) in [5, 5.41) is 6.43. The number of anilines is 4. The molecule has 0 aliphatic rings. The monoisotopic (exact) mass is 285 g/mol. The number of nitrogens with one attached hydrogen (secondary N) is 2. The largest absolute Gasteiger partial charge is 0.378 e. The number of aromatic nitrogens is 2. The van der Waals surface area contributed by atoms with Gasteiger partial charge in [0.2, 0.25) is 0 Å². The Morgan fingerprint density at radius 3 is 2.38 bits per heavy atom. The minimum atomic E-state index is 0.284. The van der Waals surface area contributed by atoms with Gasteiger partial charge in [0.05, 0.1) is 0 Å². The fourth-order valence-electron chi connectivity index (χ4n) is 1.93. The number of hydrogen-bond acceptors (Lipinski definition) is 5.